The largest absolute Gasteiger partial charge is 0.457 e. The van der Waals surface area contributed by atoms with Crippen LogP contribution in [0.3, 0.4) is 0 Å². The van der Waals surface area contributed by atoms with Crippen LogP contribution in [0.15, 0.2) is 33.5 Å². The zero-order valence-corrected chi connectivity index (χ0v) is 11.0. The highest BCUT2D eigenvalue weighted by molar-refractivity contribution is 6.30. The maximum atomic E-state index is 11.3. The van der Waals surface area contributed by atoms with Gasteiger partial charge in [0.1, 0.15) is 0 Å². The molecule has 1 N–H and O–H groups in total. The first-order valence-corrected chi connectivity index (χ1v) is 6.11. The lowest BCUT2D eigenvalue weighted by Gasteiger charge is -2.03. The van der Waals surface area contributed by atoms with E-state index in [-0.39, 0.29) is 24.8 Å². The van der Waals surface area contributed by atoms with Crippen LogP contribution in [0.25, 0.3) is 11.3 Å². The van der Waals surface area contributed by atoms with Gasteiger partial charge in [0.2, 0.25) is 0 Å². The molecule has 0 bridgehead atoms. The van der Waals surface area contributed by atoms with E-state index < -0.39 is 5.76 Å². The minimum atomic E-state index is -0.590. The summed E-state index contributed by atoms with van der Waals surface area (Å²) in [6.45, 7) is 1.61. The SMILES string of the molecule is CCC(=O)OCc1oc(=O)[nH]c1-c1ccc(Cl)cc1. The second-order valence-corrected chi connectivity index (χ2v) is 4.27. The number of oxazole rings is 1. The first kappa shape index (κ1) is 13.4. The summed E-state index contributed by atoms with van der Waals surface area (Å²) >= 11 is 5.80. The molecule has 0 spiro atoms. The molecule has 5 nitrogen and oxygen atoms in total. The van der Waals surface area contributed by atoms with Gasteiger partial charge in [-0.05, 0) is 12.1 Å². The number of aromatic nitrogens is 1. The lowest BCUT2D eigenvalue weighted by molar-refractivity contribution is -0.145. The van der Waals surface area contributed by atoms with Gasteiger partial charge in [0.15, 0.2) is 12.4 Å². The van der Waals surface area contributed by atoms with E-state index in [0.717, 1.165) is 5.56 Å². The van der Waals surface area contributed by atoms with Gasteiger partial charge in [0, 0.05) is 17.0 Å². The fourth-order valence-electron chi connectivity index (χ4n) is 1.56. The Kier molecular flexibility index (Phi) is 4.06. The highest BCUT2D eigenvalue weighted by atomic mass is 35.5. The van der Waals surface area contributed by atoms with Crippen molar-refractivity contribution >= 4 is 17.6 Å². The third-order valence-corrected chi connectivity index (χ3v) is 2.76. The predicted molar refractivity (Wildman–Crippen MR) is 69.9 cm³/mol. The highest BCUT2D eigenvalue weighted by Gasteiger charge is 2.13. The van der Waals surface area contributed by atoms with E-state index in [1.807, 2.05) is 0 Å². The number of carbonyl (C=O) groups is 1. The van der Waals surface area contributed by atoms with Crippen LogP contribution in [-0.4, -0.2) is 11.0 Å². The Bertz CT molecular complexity index is 627. The molecule has 0 fully saturated rings. The number of hydrogen-bond donors (Lipinski definition) is 1. The molecular weight excluding hydrogens is 270 g/mol. The molecule has 0 saturated heterocycles. The molecule has 0 saturated carbocycles. The van der Waals surface area contributed by atoms with Crippen molar-refractivity contribution in [1.29, 1.82) is 0 Å². The van der Waals surface area contributed by atoms with E-state index in [1.54, 1.807) is 31.2 Å². The number of ether oxygens (including phenoxy) is 1. The van der Waals surface area contributed by atoms with Gasteiger partial charge in [-0.3, -0.25) is 9.78 Å². The molecule has 0 aliphatic rings. The maximum Gasteiger partial charge on any atom is 0.417 e. The molecule has 1 heterocycles. The quantitative estimate of drug-likeness (QED) is 0.875. The lowest BCUT2D eigenvalue weighted by atomic mass is 10.1. The molecule has 19 heavy (non-hydrogen) atoms. The van der Waals surface area contributed by atoms with Gasteiger partial charge < -0.3 is 9.15 Å². The molecule has 2 aromatic rings. The number of H-pyrrole nitrogens is 1. The molecule has 6 heteroatoms. The number of benzene rings is 1. The molecule has 0 aliphatic carbocycles. The Morgan fingerprint density at radius 1 is 1.37 bits per heavy atom. The fourth-order valence-corrected chi connectivity index (χ4v) is 1.69. The van der Waals surface area contributed by atoms with Gasteiger partial charge in [-0.15, -0.1) is 0 Å². The smallest absolute Gasteiger partial charge is 0.417 e. The monoisotopic (exact) mass is 281 g/mol. The van der Waals surface area contributed by atoms with Gasteiger partial charge >= 0.3 is 11.7 Å². The summed E-state index contributed by atoms with van der Waals surface area (Å²) in [4.78, 5) is 25.0. The average Bonchev–Trinajstić information content (AvgIpc) is 2.78. The summed E-state index contributed by atoms with van der Waals surface area (Å²) in [5.74, 6) is -0.660. The van der Waals surface area contributed by atoms with E-state index in [0.29, 0.717) is 10.7 Å². The van der Waals surface area contributed by atoms with Crippen LogP contribution in [0, 0.1) is 0 Å². The van der Waals surface area contributed by atoms with Gasteiger partial charge in [-0.25, -0.2) is 4.79 Å². The Balaban J connectivity index is 2.28. The van der Waals surface area contributed by atoms with Crippen molar-refractivity contribution in [1.82, 2.24) is 4.98 Å². The second kappa shape index (κ2) is 5.75. The van der Waals surface area contributed by atoms with Crippen molar-refractivity contribution in [3.05, 3.63) is 45.6 Å². The number of hydrogen-bond acceptors (Lipinski definition) is 4. The van der Waals surface area contributed by atoms with Crippen LogP contribution < -0.4 is 5.76 Å². The third kappa shape index (κ3) is 3.26. The van der Waals surface area contributed by atoms with Crippen LogP contribution in [0.2, 0.25) is 5.02 Å². The molecule has 2 rings (SSSR count). The molecule has 1 aromatic heterocycles. The predicted octanol–water partition coefficient (Wildman–Crippen LogP) is 2.74. The molecule has 0 radical (unpaired) electrons. The molecule has 0 amide bonds. The molecule has 0 aliphatic heterocycles. The Morgan fingerprint density at radius 3 is 2.68 bits per heavy atom. The first-order valence-electron chi connectivity index (χ1n) is 5.73. The van der Waals surface area contributed by atoms with Crippen LogP contribution in [0.4, 0.5) is 0 Å². The van der Waals surface area contributed by atoms with Crippen LogP contribution >= 0.6 is 11.6 Å². The van der Waals surface area contributed by atoms with Crippen LogP contribution in [0.5, 0.6) is 0 Å². The number of aromatic amines is 1. The van der Waals surface area contributed by atoms with E-state index >= 15 is 0 Å². The summed E-state index contributed by atoms with van der Waals surface area (Å²) in [7, 11) is 0. The van der Waals surface area contributed by atoms with Gasteiger partial charge in [0.05, 0.1) is 5.69 Å². The van der Waals surface area contributed by atoms with E-state index in [1.165, 1.54) is 0 Å². The topological polar surface area (TPSA) is 72.3 Å². The van der Waals surface area contributed by atoms with Crippen molar-refractivity contribution in [3.8, 4) is 11.3 Å². The fraction of sp³-hybridized carbons (Fsp3) is 0.231. The van der Waals surface area contributed by atoms with Crippen LogP contribution in [-0.2, 0) is 16.1 Å². The van der Waals surface area contributed by atoms with E-state index in [2.05, 4.69) is 4.98 Å². The molecule has 0 unspecified atom stereocenters. The normalized spacial score (nSPS) is 10.4. The molecule has 100 valence electrons. The maximum absolute atomic E-state index is 11.3. The summed E-state index contributed by atoms with van der Waals surface area (Å²) in [5.41, 5.74) is 1.23. The molecule has 0 atom stereocenters. The van der Waals surface area contributed by atoms with Crippen molar-refractivity contribution in [2.45, 2.75) is 20.0 Å². The summed E-state index contributed by atoms with van der Waals surface area (Å²) < 4.78 is 9.93. The Labute approximate surface area is 114 Å². The molecular formula is C13H12ClNO4. The van der Waals surface area contributed by atoms with E-state index in [9.17, 15) is 9.59 Å². The Hall–Kier alpha value is -2.01. The highest BCUT2D eigenvalue weighted by Crippen LogP contribution is 2.23. The zero-order chi connectivity index (χ0) is 13.8. The van der Waals surface area contributed by atoms with E-state index in [4.69, 9.17) is 20.8 Å². The van der Waals surface area contributed by atoms with Crippen LogP contribution in [0.1, 0.15) is 19.1 Å². The van der Waals surface area contributed by atoms with Crippen molar-refractivity contribution in [2.24, 2.45) is 0 Å². The van der Waals surface area contributed by atoms with Crippen molar-refractivity contribution in [3.63, 3.8) is 0 Å². The minimum absolute atomic E-state index is 0.0800. The number of rotatable bonds is 4. The second-order valence-electron chi connectivity index (χ2n) is 3.83. The van der Waals surface area contributed by atoms with Gasteiger partial charge in [-0.2, -0.15) is 0 Å². The van der Waals surface area contributed by atoms with Gasteiger partial charge in [-0.1, -0.05) is 30.7 Å². The molecule has 1 aromatic carbocycles. The summed E-state index contributed by atoms with van der Waals surface area (Å²) in [5, 5.41) is 0.591. The number of carbonyl (C=O) groups excluding carboxylic acids is 1. The number of esters is 1. The van der Waals surface area contributed by atoms with Crippen molar-refractivity contribution in [2.75, 3.05) is 0 Å². The Morgan fingerprint density at radius 2 is 2.05 bits per heavy atom. The minimum Gasteiger partial charge on any atom is -0.457 e. The van der Waals surface area contributed by atoms with Crippen molar-refractivity contribution < 1.29 is 13.9 Å². The van der Waals surface area contributed by atoms with Gasteiger partial charge in [0.25, 0.3) is 0 Å². The number of halogens is 1. The first-order chi connectivity index (χ1) is 9.10. The lowest BCUT2D eigenvalue weighted by Crippen LogP contribution is -2.02. The zero-order valence-electron chi connectivity index (χ0n) is 10.2. The summed E-state index contributed by atoms with van der Waals surface area (Å²) in [6, 6.07) is 6.89. The number of nitrogens with one attached hydrogen (secondary N) is 1. The summed E-state index contributed by atoms with van der Waals surface area (Å²) in [6.07, 6.45) is 0.269. The standard InChI is InChI=1S/C13H12ClNO4/c1-2-11(16)18-7-10-12(15-13(17)19-10)8-3-5-9(14)6-4-8/h3-6H,2,7H2,1H3,(H,15,17). The average molecular weight is 282 g/mol. The third-order valence-electron chi connectivity index (χ3n) is 2.51.